The van der Waals surface area contributed by atoms with Crippen molar-refractivity contribution in [1.82, 2.24) is 24.9 Å². The van der Waals surface area contributed by atoms with Gasteiger partial charge in [0.15, 0.2) is 0 Å². The van der Waals surface area contributed by atoms with Gasteiger partial charge in [0, 0.05) is 23.5 Å². The summed E-state index contributed by atoms with van der Waals surface area (Å²) in [5, 5.41) is 6.13. The normalized spacial score (nSPS) is 11.8. The van der Waals surface area contributed by atoms with Crippen LogP contribution in [0.5, 0.6) is 0 Å². The molecule has 1 amide bonds. The number of hydrogen-bond donors (Lipinski definition) is 1. The summed E-state index contributed by atoms with van der Waals surface area (Å²) in [7, 11) is 0. The Morgan fingerprint density at radius 2 is 1.89 bits per heavy atom. The molecule has 0 aliphatic rings. The Balaban J connectivity index is 1.72. The molecule has 28 heavy (non-hydrogen) atoms. The highest BCUT2D eigenvalue weighted by Crippen LogP contribution is 2.27. The van der Waals surface area contributed by atoms with Crippen molar-refractivity contribution in [1.29, 1.82) is 0 Å². The number of carbonyl (C=O) groups excluding carboxylic acids is 1. The highest BCUT2D eigenvalue weighted by atomic mass is 19.4. The molecule has 1 N–H and O–H groups in total. The molecular formula is C18H17F4N5O. The first-order valence-corrected chi connectivity index (χ1v) is 8.47. The van der Waals surface area contributed by atoms with Gasteiger partial charge < -0.3 is 5.32 Å². The summed E-state index contributed by atoms with van der Waals surface area (Å²) >= 11 is 0. The number of benzene rings is 1. The van der Waals surface area contributed by atoms with Gasteiger partial charge in [-0.25, -0.2) is 13.9 Å². The summed E-state index contributed by atoms with van der Waals surface area (Å²) in [6.45, 7) is 3.38. The molecule has 0 aliphatic heterocycles. The second-order valence-corrected chi connectivity index (χ2v) is 6.27. The molecule has 3 rings (SSSR count). The molecule has 0 unspecified atom stereocenters. The summed E-state index contributed by atoms with van der Waals surface area (Å²) in [5.74, 6) is -2.15. The number of carbonyl (C=O) groups is 1. The van der Waals surface area contributed by atoms with E-state index in [1.165, 1.54) is 6.07 Å². The molecule has 1 aromatic carbocycles. The topological polar surface area (TPSA) is 72.2 Å². The standard InChI is InChI=1S/C18H17F4N5O/c1-10-13(9-15(28)23-8-7-12-5-3-4-6-14(12)19)11(2)27-17(24-10)25-16(26-27)18(20,21)22/h3-6H,7-9H2,1-2H3,(H,23,28). The van der Waals surface area contributed by atoms with E-state index in [-0.39, 0.29) is 30.5 Å². The van der Waals surface area contributed by atoms with Crippen LogP contribution in [-0.4, -0.2) is 32.0 Å². The summed E-state index contributed by atoms with van der Waals surface area (Å²) in [5.41, 5.74) is 1.71. The van der Waals surface area contributed by atoms with Crippen LogP contribution < -0.4 is 5.32 Å². The Bertz CT molecular complexity index is 1030. The number of nitrogens with one attached hydrogen (secondary N) is 1. The van der Waals surface area contributed by atoms with Crippen LogP contribution in [0.2, 0.25) is 0 Å². The number of aryl methyl sites for hydroxylation is 2. The zero-order valence-electron chi connectivity index (χ0n) is 15.1. The highest BCUT2D eigenvalue weighted by molar-refractivity contribution is 5.79. The molecule has 2 aromatic heterocycles. The molecule has 6 nitrogen and oxygen atoms in total. The maximum Gasteiger partial charge on any atom is 0.453 e. The zero-order chi connectivity index (χ0) is 20.5. The molecule has 0 fully saturated rings. The lowest BCUT2D eigenvalue weighted by Crippen LogP contribution is -2.28. The molecule has 2 heterocycles. The van der Waals surface area contributed by atoms with Crippen molar-refractivity contribution in [3.05, 3.63) is 58.4 Å². The van der Waals surface area contributed by atoms with E-state index < -0.39 is 12.0 Å². The first-order valence-electron chi connectivity index (χ1n) is 8.47. The van der Waals surface area contributed by atoms with E-state index in [0.717, 1.165) is 4.52 Å². The van der Waals surface area contributed by atoms with Gasteiger partial charge in [0.1, 0.15) is 5.82 Å². The van der Waals surface area contributed by atoms with E-state index in [2.05, 4.69) is 20.4 Å². The quantitative estimate of drug-likeness (QED) is 0.675. The summed E-state index contributed by atoms with van der Waals surface area (Å²) in [4.78, 5) is 19.7. The molecule has 0 saturated heterocycles. The van der Waals surface area contributed by atoms with Gasteiger partial charge >= 0.3 is 6.18 Å². The monoisotopic (exact) mass is 395 g/mol. The maximum atomic E-state index is 13.6. The van der Waals surface area contributed by atoms with E-state index in [1.807, 2.05) is 0 Å². The Kier molecular flexibility index (Phi) is 5.30. The highest BCUT2D eigenvalue weighted by Gasteiger charge is 2.37. The third-order valence-electron chi connectivity index (χ3n) is 4.31. The van der Waals surface area contributed by atoms with Crippen LogP contribution in [-0.2, 0) is 23.8 Å². The molecule has 0 atom stereocenters. The minimum Gasteiger partial charge on any atom is -0.355 e. The number of fused-ring (bicyclic) bond motifs is 1. The first-order chi connectivity index (χ1) is 13.2. The predicted octanol–water partition coefficient (Wildman–Crippen LogP) is 2.80. The van der Waals surface area contributed by atoms with E-state index >= 15 is 0 Å². The van der Waals surface area contributed by atoms with Crippen molar-refractivity contribution >= 4 is 11.7 Å². The Hall–Kier alpha value is -3.04. The molecule has 0 spiro atoms. The average Bonchev–Trinajstić information content (AvgIpc) is 3.05. The van der Waals surface area contributed by atoms with Gasteiger partial charge in [0.25, 0.3) is 11.6 Å². The number of rotatable bonds is 5. The van der Waals surface area contributed by atoms with Crippen LogP contribution >= 0.6 is 0 Å². The third-order valence-corrected chi connectivity index (χ3v) is 4.31. The van der Waals surface area contributed by atoms with Gasteiger partial charge in [-0.3, -0.25) is 4.79 Å². The van der Waals surface area contributed by atoms with E-state index in [0.29, 0.717) is 28.9 Å². The van der Waals surface area contributed by atoms with Gasteiger partial charge in [-0.2, -0.15) is 18.2 Å². The first kappa shape index (κ1) is 19.7. The minimum absolute atomic E-state index is 0.0842. The Labute approximate surface area is 157 Å². The fourth-order valence-corrected chi connectivity index (χ4v) is 2.85. The number of hydrogen-bond acceptors (Lipinski definition) is 4. The number of nitrogens with zero attached hydrogens (tertiary/aromatic N) is 4. The van der Waals surface area contributed by atoms with Crippen molar-refractivity contribution in [2.75, 3.05) is 6.54 Å². The van der Waals surface area contributed by atoms with Crippen molar-refractivity contribution in [3.8, 4) is 0 Å². The fourth-order valence-electron chi connectivity index (χ4n) is 2.85. The molecule has 0 saturated carbocycles. The van der Waals surface area contributed by atoms with Gasteiger partial charge in [-0.05, 0) is 31.9 Å². The third kappa shape index (κ3) is 4.10. The van der Waals surface area contributed by atoms with Gasteiger partial charge in [-0.15, -0.1) is 5.10 Å². The average molecular weight is 395 g/mol. The van der Waals surface area contributed by atoms with Crippen LogP contribution in [0.3, 0.4) is 0 Å². The summed E-state index contributed by atoms with van der Waals surface area (Å²) < 4.78 is 53.0. The number of aromatic nitrogens is 4. The molecule has 3 aromatic rings. The Morgan fingerprint density at radius 1 is 1.18 bits per heavy atom. The van der Waals surface area contributed by atoms with Crippen molar-refractivity contribution < 1.29 is 22.4 Å². The van der Waals surface area contributed by atoms with E-state index in [4.69, 9.17) is 0 Å². The Morgan fingerprint density at radius 3 is 2.57 bits per heavy atom. The lowest BCUT2D eigenvalue weighted by atomic mass is 10.1. The van der Waals surface area contributed by atoms with Crippen molar-refractivity contribution in [3.63, 3.8) is 0 Å². The van der Waals surface area contributed by atoms with Crippen LogP contribution in [0.4, 0.5) is 17.6 Å². The number of halogens is 4. The van der Waals surface area contributed by atoms with Crippen LogP contribution in [0, 0.1) is 19.7 Å². The lowest BCUT2D eigenvalue weighted by Gasteiger charge is -2.11. The van der Waals surface area contributed by atoms with Crippen LogP contribution in [0.25, 0.3) is 5.78 Å². The summed E-state index contributed by atoms with van der Waals surface area (Å²) in [6, 6.07) is 6.27. The van der Waals surface area contributed by atoms with Crippen molar-refractivity contribution in [2.24, 2.45) is 0 Å². The molecule has 0 radical (unpaired) electrons. The predicted molar refractivity (Wildman–Crippen MR) is 92.1 cm³/mol. The molecule has 10 heteroatoms. The number of alkyl halides is 3. The zero-order valence-corrected chi connectivity index (χ0v) is 15.1. The van der Waals surface area contributed by atoms with Gasteiger partial charge in [0.05, 0.1) is 6.42 Å². The largest absolute Gasteiger partial charge is 0.453 e. The van der Waals surface area contributed by atoms with E-state index in [1.54, 1.807) is 32.0 Å². The van der Waals surface area contributed by atoms with Gasteiger partial charge in [0.2, 0.25) is 5.91 Å². The van der Waals surface area contributed by atoms with Crippen LogP contribution in [0.1, 0.15) is 28.3 Å². The second kappa shape index (κ2) is 7.53. The van der Waals surface area contributed by atoms with E-state index in [9.17, 15) is 22.4 Å². The molecule has 0 aliphatic carbocycles. The SMILES string of the molecule is Cc1nc2nc(C(F)(F)F)nn2c(C)c1CC(=O)NCCc1ccccc1F. The number of amides is 1. The van der Waals surface area contributed by atoms with Crippen molar-refractivity contribution in [2.45, 2.75) is 32.9 Å². The molecule has 148 valence electrons. The van der Waals surface area contributed by atoms with Gasteiger partial charge in [-0.1, -0.05) is 18.2 Å². The fraction of sp³-hybridized carbons (Fsp3) is 0.333. The lowest BCUT2D eigenvalue weighted by molar-refractivity contribution is -0.144. The minimum atomic E-state index is -4.68. The maximum absolute atomic E-state index is 13.6. The smallest absolute Gasteiger partial charge is 0.355 e. The summed E-state index contributed by atoms with van der Waals surface area (Å²) in [6.07, 6.45) is -4.44. The molecule has 0 bridgehead atoms. The molecular weight excluding hydrogens is 378 g/mol. The van der Waals surface area contributed by atoms with Crippen LogP contribution in [0.15, 0.2) is 24.3 Å². The second-order valence-electron chi connectivity index (χ2n) is 6.27.